The van der Waals surface area contributed by atoms with Crippen LogP contribution in [-0.2, 0) is 0 Å². The van der Waals surface area contributed by atoms with Gasteiger partial charge in [-0.15, -0.1) is 0 Å². The van der Waals surface area contributed by atoms with Crippen molar-refractivity contribution in [2.24, 2.45) is 0 Å². The van der Waals surface area contributed by atoms with E-state index in [2.05, 4.69) is 34.3 Å². The number of nitrogens with zero attached hydrogens (tertiary/aromatic N) is 1. The summed E-state index contributed by atoms with van der Waals surface area (Å²) in [5, 5.41) is 3.32. The first kappa shape index (κ1) is 13.8. The third kappa shape index (κ3) is 3.50. The molecule has 3 heteroatoms. The Morgan fingerprint density at radius 3 is 2.38 bits per heavy atom. The van der Waals surface area contributed by atoms with Gasteiger partial charge in [-0.3, -0.25) is 0 Å². The average Bonchev–Trinajstić information content (AvgIpc) is 3.17. The molecule has 4 rings (SSSR count). The summed E-state index contributed by atoms with van der Waals surface area (Å²) in [7, 11) is 0. The van der Waals surface area contributed by atoms with E-state index >= 15 is 0 Å². The first-order chi connectivity index (χ1) is 10.3. The molecule has 21 heavy (non-hydrogen) atoms. The molecule has 1 aliphatic rings. The summed E-state index contributed by atoms with van der Waals surface area (Å²) in [5.74, 6) is 0.928. The quantitative estimate of drug-likeness (QED) is 0.707. The van der Waals surface area contributed by atoms with Crippen molar-refractivity contribution in [2.45, 2.75) is 25.8 Å². The number of rotatable bonds is 1. The summed E-state index contributed by atoms with van der Waals surface area (Å²) in [5.41, 5.74) is 3.21. The van der Waals surface area contributed by atoms with Crippen molar-refractivity contribution in [3.63, 3.8) is 0 Å². The van der Waals surface area contributed by atoms with Crippen LogP contribution in [0.5, 0.6) is 0 Å². The summed E-state index contributed by atoms with van der Waals surface area (Å²) in [6.07, 6.45) is 2.75. The monoisotopic (exact) mass is 279 g/mol. The van der Waals surface area contributed by atoms with Crippen molar-refractivity contribution in [3.8, 4) is 11.4 Å². The second-order valence-corrected chi connectivity index (χ2v) is 5.47. The number of nitrogens with one attached hydrogen (secondary N) is 2. The van der Waals surface area contributed by atoms with Crippen LogP contribution in [0.15, 0.2) is 54.6 Å². The van der Waals surface area contributed by atoms with E-state index in [4.69, 9.17) is 0 Å². The Hall–Kier alpha value is -2.13. The third-order valence-corrected chi connectivity index (χ3v) is 3.74. The SMILES string of the molecule is CC1CCCN1.c1ccc(-c2nc3ccccc3[nH]2)cc1. The van der Waals surface area contributed by atoms with Gasteiger partial charge in [-0.2, -0.15) is 0 Å². The molecule has 0 amide bonds. The summed E-state index contributed by atoms with van der Waals surface area (Å²) in [6.45, 7) is 3.47. The maximum Gasteiger partial charge on any atom is 0.138 e. The molecule has 0 radical (unpaired) electrons. The van der Waals surface area contributed by atoms with Gasteiger partial charge in [-0.1, -0.05) is 42.5 Å². The minimum absolute atomic E-state index is 0.796. The number of aromatic amines is 1. The van der Waals surface area contributed by atoms with Gasteiger partial charge in [0.1, 0.15) is 5.82 Å². The zero-order valence-corrected chi connectivity index (χ0v) is 12.3. The Balaban J connectivity index is 0.000000186. The molecular weight excluding hydrogens is 258 g/mol. The van der Waals surface area contributed by atoms with E-state index < -0.39 is 0 Å². The summed E-state index contributed by atoms with van der Waals surface area (Å²) in [6, 6.07) is 19.0. The summed E-state index contributed by atoms with van der Waals surface area (Å²) in [4.78, 5) is 7.83. The number of hydrogen-bond donors (Lipinski definition) is 2. The summed E-state index contributed by atoms with van der Waals surface area (Å²) >= 11 is 0. The molecule has 1 atom stereocenters. The maximum absolute atomic E-state index is 4.53. The van der Waals surface area contributed by atoms with Crippen LogP contribution in [0.25, 0.3) is 22.4 Å². The molecule has 0 bridgehead atoms. The second-order valence-electron chi connectivity index (χ2n) is 5.47. The van der Waals surface area contributed by atoms with Crippen molar-refractivity contribution in [3.05, 3.63) is 54.6 Å². The molecule has 3 aromatic rings. The van der Waals surface area contributed by atoms with E-state index in [1.165, 1.54) is 19.4 Å². The molecule has 3 nitrogen and oxygen atoms in total. The average molecular weight is 279 g/mol. The second kappa shape index (κ2) is 6.55. The molecule has 1 aromatic heterocycles. The zero-order valence-electron chi connectivity index (χ0n) is 12.3. The van der Waals surface area contributed by atoms with Gasteiger partial charge in [-0.05, 0) is 38.4 Å². The number of fused-ring (bicyclic) bond motifs is 1. The Kier molecular flexibility index (Phi) is 4.31. The highest BCUT2D eigenvalue weighted by molar-refractivity contribution is 5.79. The van der Waals surface area contributed by atoms with E-state index in [1.807, 2.05) is 42.5 Å². The molecule has 2 aromatic carbocycles. The summed E-state index contributed by atoms with van der Waals surface area (Å²) < 4.78 is 0. The molecule has 2 N–H and O–H groups in total. The van der Waals surface area contributed by atoms with Crippen LogP contribution in [0.3, 0.4) is 0 Å². The minimum atomic E-state index is 0.796. The van der Waals surface area contributed by atoms with Crippen molar-refractivity contribution in [2.75, 3.05) is 6.54 Å². The van der Waals surface area contributed by atoms with E-state index in [9.17, 15) is 0 Å². The predicted octanol–water partition coefficient (Wildman–Crippen LogP) is 3.99. The largest absolute Gasteiger partial charge is 0.338 e. The molecule has 0 saturated carbocycles. The first-order valence-corrected chi connectivity index (χ1v) is 7.56. The first-order valence-electron chi connectivity index (χ1n) is 7.56. The number of H-pyrrole nitrogens is 1. The van der Waals surface area contributed by atoms with E-state index in [-0.39, 0.29) is 0 Å². The lowest BCUT2D eigenvalue weighted by molar-refractivity contribution is 0.664. The molecule has 108 valence electrons. The smallest absolute Gasteiger partial charge is 0.138 e. The zero-order chi connectivity index (χ0) is 14.5. The van der Waals surface area contributed by atoms with Crippen LogP contribution in [0.1, 0.15) is 19.8 Å². The number of imidazole rings is 1. The maximum atomic E-state index is 4.53. The fourth-order valence-electron chi connectivity index (χ4n) is 2.54. The van der Waals surface area contributed by atoms with E-state index in [0.717, 1.165) is 28.5 Å². The molecule has 0 spiro atoms. The molecule has 1 fully saturated rings. The Labute approximate surface area is 125 Å². The number of aromatic nitrogens is 2. The lowest BCUT2D eigenvalue weighted by Crippen LogP contribution is -2.16. The van der Waals surface area contributed by atoms with Gasteiger partial charge in [0.2, 0.25) is 0 Å². The normalized spacial score (nSPS) is 17.5. The predicted molar refractivity (Wildman–Crippen MR) is 88.2 cm³/mol. The van der Waals surface area contributed by atoms with E-state index in [0.29, 0.717) is 0 Å². The van der Waals surface area contributed by atoms with Crippen LogP contribution in [0.2, 0.25) is 0 Å². The molecule has 1 unspecified atom stereocenters. The lowest BCUT2D eigenvalue weighted by Gasteiger charge is -1.95. The fourth-order valence-corrected chi connectivity index (χ4v) is 2.54. The van der Waals surface area contributed by atoms with Crippen LogP contribution in [0, 0.1) is 0 Å². The van der Waals surface area contributed by atoms with Crippen LogP contribution >= 0.6 is 0 Å². The van der Waals surface area contributed by atoms with Gasteiger partial charge in [0.05, 0.1) is 11.0 Å². The highest BCUT2D eigenvalue weighted by atomic mass is 14.9. The van der Waals surface area contributed by atoms with Crippen LogP contribution < -0.4 is 5.32 Å². The number of benzene rings is 2. The van der Waals surface area contributed by atoms with Crippen LogP contribution in [0.4, 0.5) is 0 Å². The van der Waals surface area contributed by atoms with Gasteiger partial charge < -0.3 is 10.3 Å². The van der Waals surface area contributed by atoms with Gasteiger partial charge in [0, 0.05) is 11.6 Å². The highest BCUT2D eigenvalue weighted by Gasteiger charge is 2.05. The highest BCUT2D eigenvalue weighted by Crippen LogP contribution is 2.19. The van der Waals surface area contributed by atoms with Gasteiger partial charge in [0.15, 0.2) is 0 Å². The Bertz CT molecular complexity index is 649. The molecule has 2 heterocycles. The van der Waals surface area contributed by atoms with Gasteiger partial charge >= 0.3 is 0 Å². The molecule has 1 aliphatic heterocycles. The number of hydrogen-bond acceptors (Lipinski definition) is 2. The molecular formula is C18H21N3. The minimum Gasteiger partial charge on any atom is -0.338 e. The van der Waals surface area contributed by atoms with Crippen molar-refractivity contribution in [1.82, 2.24) is 15.3 Å². The number of para-hydroxylation sites is 2. The topological polar surface area (TPSA) is 40.7 Å². The van der Waals surface area contributed by atoms with Gasteiger partial charge in [-0.25, -0.2) is 4.98 Å². The fraction of sp³-hybridized carbons (Fsp3) is 0.278. The van der Waals surface area contributed by atoms with Crippen molar-refractivity contribution >= 4 is 11.0 Å². The van der Waals surface area contributed by atoms with Gasteiger partial charge in [0.25, 0.3) is 0 Å². The standard InChI is InChI=1S/C13H10N2.C5H11N/c1-2-6-10(7-3-1)13-14-11-8-4-5-9-12(11)15-13;1-5-3-2-4-6-5/h1-9H,(H,14,15);5-6H,2-4H2,1H3. The van der Waals surface area contributed by atoms with Crippen molar-refractivity contribution < 1.29 is 0 Å². The lowest BCUT2D eigenvalue weighted by atomic mass is 10.2. The molecule has 0 aliphatic carbocycles. The third-order valence-electron chi connectivity index (χ3n) is 3.74. The Morgan fingerprint density at radius 1 is 1.00 bits per heavy atom. The van der Waals surface area contributed by atoms with Crippen molar-refractivity contribution in [1.29, 1.82) is 0 Å². The van der Waals surface area contributed by atoms with Crippen LogP contribution in [-0.4, -0.2) is 22.6 Å². The Morgan fingerprint density at radius 2 is 1.76 bits per heavy atom. The van der Waals surface area contributed by atoms with E-state index in [1.54, 1.807) is 0 Å². The molecule has 1 saturated heterocycles.